The van der Waals surface area contributed by atoms with E-state index in [0.29, 0.717) is 11.5 Å². The van der Waals surface area contributed by atoms with Crippen LogP contribution in [0.25, 0.3) is 6.08 Å². The molecule has 0 aliphatic heterocycles. The molecule has 0 spiro atoms. The standard InChI is InChI=1S/C19H30O2/c1-5-6-7-8-9-10-11-12-13-17-16(4)18(20)14(2)15(3)19(17)21/h12-13,20-21H,5-11H2,1-4H3/b13-12+. The summed E-state index contributed by atoms with van der Waals surface area (Å²) in [6, 6.07) is 0. The SMILES string of the molecule is CCCCCCCC/C=C/c1c(C)c(O)c(C)c(C)c1O. The van der Waals surface area contributed by atoms with Gasteiger partial charge in [-0.15, -0.1) is 0 Å². The summed E-state index contributed by atoms with van der Waals surface area (Å²) in [5, 5.41) is 20.3. The summed E-state index contributed by atoms with van der Waals surface area (Å²) in [4.78, 5) is 0. The summed E-state index contributed by atoms with van der Waals surface area (Å²) in [7, 11) is 0. The molecule has 0 atom stereocenters. The van der Waals surface area contributed by atoms with Crippen LogP contribution in [0.5, 0.6) is 11.5 Å². The minimum Gasteiger partial charge on any atom is -0.507 e. The van der Waals surface area contributed by atoms with Crippen molar-refractivity contribution in [1.82, 2.24) is 0 Å². The third-order valence-corrected chi connectivity index (χ3v) is 4.30. The fraction of sp³-hybridized carbons (Fsp3) is 0.579. The normalized spacial score (nSPS) is 11.4. The largest absolute Gasteiger partial charge is 0.507 e. The Hall–Kier alpha value is -1.44. The van der Waals surface area contributed by atoms with Crippen LogP contribution in [-0.2, 0) is 0 Å². The van der Waals surface area contributed by atoms with Gasteiger partial charge in [0.25, 0.3) is 0 Å². The molecule has 0 aliphatic rings. The predicted octanol–water partition coefficient (Wildman–Crippen LogP) is 5.79. The second-order valence-electron chi connectivity index (χ2n) is 5.94. The highest BCUT2D eigenvalue weighted by atomic mass is 16.3. The quantitative estimate of drug-likeness (QED) is 0.470. The Kier molecular flexibility index (Phi) is 7.35. The monoisotopic (exact) mass is 290 g/mol. The van der Waals surface area contributed by atoms with Crippen molar-refractivity contribution in [3.8, 4) is 11.5 Å². The van der Waals surface area contributed by atoms with Gasteiger partial charge in [0.2, 0.25) is 0 Å². The smallest absolute Gasteiger partial charge is 0.126 e. The molecule has 2 N–H and O–H groups in total. The fourth-order valence-corrected chi connectivity index (χ4v) is 2.59. The molecule has 2 heteroatoms. The lowest BCUT2D eigenvalue weighted by Crippen LogP contribution is -1.92. The van der Waals surface area contributed by atoms with Gasteiger partial charge >= 0.3 is 0 Å². The Morgan fingerprint density at radius 1 is 0.762 bits per heavy atom. The molecule has 0 unspecified atom stereocenters. The van der Waals surface area contributed by atoms with Crippen LogP contribution in [0.1, 0.15) is 74.1 Å². The molecular weight excluding hydrogens is 260 g/mol. The predicted molar refractivity (Wildman–Crippen MR) is 91.0 cm³/mol. The van der Waals surface area contributed by atoms with Crippen molar-refractivity contribution >= 4 is 6.08 Å². The molecule has 0 radical (unpaired) electrons. The maximum Gasteiger partial charge on any atom is 0.126 e. The molecule has 0 amide bonds. The second kappa shape index (κ2) is 8.76. The van der Waals surface area contributed by atoms with Gasteiger partial charge in [-0.2, -0.15) is 0 Å². The summed E-state index contributed by atoms with van der Waals surface area (Å²) >= 11 is 0. The van der Waals surface area contributed by atoms with Crippen molar-refractivity contribution in [3.63, 3.8) is 0 Å². The Morgan fingerprint density at radius 3 is 2.00 bits per heavy atom. The number of phenols is 2. The van der Waals surface area contributed by atoms with Crippen LogP contribution in [-0.4, -0.2) is 10.2 Å². The first kappa shape index (κ1) is 17.6. The van der Waals surface area contributed by atoms with E-state index >= 15 is 0 Å². The molecule has 1 aromatic carbocycles. The number of rotatable bonds is 8. The zero-order valence-corrected chi connectivity index (χ0v) is 14.0. The number of aromatic hydroxyl groups is 2. The summed E-state index contributed by atoms with van der Waals surface area (Å²) in [6.45, 7) is 7.76. The molecule has 0 aliphatic carbocycles. The van der Waals surface area contributed by atoms with E-state index in [4.69, 9.17) is 0 Å². The van der Waals surface area contributed by atoms with Crippen LogP contribution in [0.2, 0.25) is 0 Å². The number of unbranched alkanes of at least 4 members (excludes halogenated alkanes) is 6. The highest BCUT2D eigenvalue weighted by Crippen LogP contribution is 2.36. The number of allylic oxidation sites excluding steroid dienone is 1. The first-order valence-corrected chi connectivity index (χ1v) is 8.18. The molecule has 1 rings (SSSR count). The minimum absolute atomic E-state index is 0.294. The Morgan fingerprint density at radius 2 is 1.33 bits per heavy atom. The molecule has 2 nitrogen and oxygen atoms in total. The molecule has 0 bridgehead atoms. The number of phenolic OH excluding ortho intramolecular Hbond substituents is 2. The van der Waals surface area contributed by atoms with Crippen molar-refractivity contribution in [1.29, 1.82) is 0 Å². The van der Waals surface area contributed by atoms with Crippen LogP contribution in [0.15, 0.2) is 6.08 Å². The molecular formula is C19H30O2. The van der Waals surface area contributed by atoms with Crippen LogP contribution in [0, 0.1) is 20.8 Å². The van der Waals surface area contributed by atoms with Gasteiger partial charge in [-0.25, -0.2) is 0 Å². The van der Waals surface area contributed by atoms with E-state index in [1.165, 1.54) is 38.5 Å². The van der Waals surface area contributed by atoms with Gasteiger partial charge in [-0.1, -0.05) is 51.2 Å². The number of hydrogen-bond acceptors (Lipinski definition) is 2. The first-order chi connectivity index (χ1) is 10.0. The fourth-order valence-electron chi connectivity index (χ4n) is 2.59. The molecule has 0 heterocycles. The van der Waals surface area contributed by atoms with E-state index in [1.54, 1.807) is 0 Å². The van der Waals surface area contributed by atoms with Crippen LogP contribution in [0.3, 0.4) is 0 Å². The van der Waals surface area contributed by atoms with Crippen molar-refractivity contribution in [2.75, 3.05) is 0 Å². The zero-order chi connectivity index (χ0) is 15.8. The highest BCUT2D eigenvalue weighted by molar-refractivity contribution is 5.68. The van der Waals surface area contributed by atoms with E-state index in [1.807, 2.05) is 26.8 Å². The Bertz CT molecular complexity index is 458. The Labute approximate surface area is 129 Å². The zero-order valence-electron chi connectivity index (χ0n) is 14.0. The highest BCUT2D eigenvalue weighted by Gasteiger charge is 2.14. The van der Waals surface area contributed by atoms with Crippen LogP contribution in [0.4, 0.5) is 0 Å². The summed E-state index contributed by atoms with van der Waals surface area (Å²) < 4.78 is 0. The minimum atomic E-state index is 0.294. The van der Waals surface area contributed by atoms with E-state index < -0.39 is 0 Å². The maximum absolute atomic E-state index is 10.2. The molecule has 1 aromatic rings. The lowest BCUT2D eigenvalue weighted by Gasteiger charge is -2.13. The van der Waals surface area contributed by atoms with E-state index in [2.05, 4.69) is 13.0 Å². The van der Waals surface area contributed by atoms with E-state index in [-0.39, 0.29) is 0 Å². The van der Waals surface area contributed by atoms with Crippen molar-refractivity contribution in [3.05, 3.63) is 28.3 Å². The topological polar surface area (TPSA) is 40.5 Å². The van der Waals surface area contributed by atoms with E-state index in [0.717, 1.165) is 28.7 Å². The summed E-state index contributed by atoms with van der Waals surface area (Å²) in [5.74, 6) is 0.589. The summed E-state index contributed by atoms with van der Waals surface area (Å²) in [5.41, 5.74) is 3.03. The van der Waals surface area contributed by atoms with Crippen molar-refractivity contribution < 1.29 is 10.2 Å². The van der Waals surface area contributed by atoms with Crippen molar-refractivity contribution in [2.24, 2.45) is 0 Å². The van der Waals surface area contributed by atoms with Gasteiger partial charge in [0.15, 0.2) is 0 Å². The van der Waals surface area contributed by atoms with Gasteiger partial charge < -0.3 is 10.2 Å². The molecule has 21 heavy (non-hydrogen) atoms. The van der Waals surface area contributed by atoms with Gasteiger partial charge in [-0.3, -0.25) is 0 Å². The molecule has 0 fully saturated rings. The van der Waals surface area contributed by atoms with Gasteiger partial charge in [-0.05, 0) is 44.7 Å². The average molecular weight is 290 g/mol. The van der Waals surface area contributed by atoms with Gasteiger partial charge in [0.1, 0.15) is 11.5 Å². The molecule has 0 saturated heterocycles. The summed E-state index contributed by atoms with van der Waals surface area (Å²) in [6.07, 6.45) is 12.8. The Balaban J connectivity index is 2.57. The number of benzene rings is 1. The van der Waals surface area contributed by atoms with Crippen LogP contribution >= 0.6 is 0 Å². The van der Waals surface area contributed by atoms with Gasteiger partial charge in [0, 0.05) is 11.1 Å². The first-order valence-electron chi connectivity index (χ1n) is 8.18. The van der Waals surface area contributed by atoms with E-state index in [9.17, 15) is 10.2 Å². The second-order valence-corrected chi connectivity index (χ2v) is 5.94. The third-order valence-electron chi connectivity index (χ3n) is 4.30. The van der Waals surface area contributed by atoms with Gasteiger partial charge in [0.05, 0.1) is 0 Å². The maximum atomic E-state index is 10.2. The van der Waals surface area contributed by atoms with Crippen LogP contribution < -0.4 is 0 Å². The molecule has 0 aromatic heterocycles. The molecule has 118 valence electrons. The lowest BCUT2D eigenvalue weighted by atomic mass is 9.97. The molecule has 0 saturated carbocycles. The average Bonchev–Trinajstić information content (AvgIpc) is 2.49. The van der Waals surface area contributed by atoms with Crippen molar-refractivity contribution in [2.45, 2.75) is 72.6 Å². The third kappa shape index (κ3) is 4.80. The number of hydrogen-bond donors (Lipinski definition) is 2. The lowest BCUT2D eigenvalue weighted by molar-refractivity contribution is 0.448.